The molecular weight excluding hydrogens is 206 g/mol. The zero-order valence-electron chi connectivity index (χ0n) is 11.3. The van der Waals surface area contributed by atoms with Gasteiger partial charge in [-0.15, -0.1) is 0 Å². The fraction of sp³-hybridized carbons (Fsp3) is 0.625. The highest BCUT2D eigenvalue weighted by Crippen LogP contribution is 2.29. The van der Waals surface area contributed by atoms with Crippen LogP contribution in [0.25, 0.3) is 0 Å². The third kappa shape index (κ3) is 4.16. The van der Waals surface area contributed by atoms with Crippen LogP contribution in [0, 0.1) is 5.41 Å². The Morgan fingerprint density at radius 1 is 1.06 bits per heavy atom. The van der Waals surface area contributed by atoms with Gasteiger partial charge in [0.25, 0.3) is 0 Å². The highest BCUT2D eigenvalue weighted by atomic mass is 15.1. The highest BCUT2D eigenvalue weighted by molar-refractivity contribution is 5.14. The zero-order chi connectivity index (χ0) is 12.1. The Hall–Kier alpha value is -0.820. The molecule has 0 N–H and O–H groups in total. The van der Waals surface area contributed by atoms with E-state index in [9.17, 15) is 0 Å². The standard InChI is InChI=1S/C16H25N/c1-16(2)10-6-12-17(14-11-16)13-9-15-7-4-3-5-8-15/h3-5,7-8H,6,9-14H2,1-2H3. The summed E-state index contributed by atoms with van der Waals surface area (Å²) in [6.45, 7) is 8.61. The van der Waals surface area contributed by atoms with E-state index in [0.717, 1.165) is 0 Å². The molecule has 0 bridgehead atoms. The van der Waals surface area contributed by atoms with Gasteiger partial charge in [-0.05, 0) is 49.8 Å². The normalized spacial score (nSPS) is 21.1. The van der Waals surface area contributed by atoms with Gasteiger partial charge in [0.2, 0.25) is 0 Å². The lowest BCUT2D eigenvalue weighted by molar-refractivity contribution is 0.265. The second-order valence-electron chi connectivity index (χ2n) is 6.10. The van der Waals surface area contributed by atoms with Crippen molar-refractivity contribution in [2.24, 2.45) is 5.41 Å². The molecule has 0 amide bonds. The molecule has 0 aromatic heterocycles. The number of hydrogen-bond acceptors (Lipinski definition) is 1. The summed E-state index contributed by atoms with van der Waals surface area (Å²) in [6, 6.07) is 10.9. The molecule has 1 heteroatoms. The van der Waals surface area contributed by atoms with Gasteiger partial charge >= 0.3 is 0 Å². The van der Waals surface area contributed by atoms with Gasteiger partial charge in [-0.2, -0.15) is 0 Å². The van der Waals surface area contributed by atoms with Crippen LogP contribution >= 0.6 is 0 Å². The van der Waals surface area contributed by atoms with Gasteiger partial charge in [-0.3, -0.25) is 0 Å². The van der Waals surface area contributed by atoms with E-state index in [0.29, 0.717) is 5.41 Å². The van der Waals surface area contributed by atoms with E-state index in [1.807, 2.05) is 0 Å². The van der Waals surface area contributed by atoms with E-state index in [4.69, 9.17) is 0 Å². The van der Waals surface area contributed by atoms with Gasteiger partial charge < -0.3 is 4.90 Å². The first kappa shape index (κ1) is 12.6. The molecule has 1 aromatic carbocycles. The number of hydrogen-bond donors (Lipinski definition) is 0. The molecule has 1 heterocycles. The maximum atomic E-state index is 2.64. The number of nitrogens with zero attached hydrogens (tertiary/aromatic N) is 1. The topological polar surface area (TPSA) is 3.24 Å². The van der Waals surface area contributed by atoms with Crippen LogP contribution in [-0.2, 0) is 6.42 Å². The summed E-state index contributed by atoms with van der Waals surface area (Å²) in [5.41, 5.74) is 2.03. The Labute approximate surface area is 106 Å². The summed E-state index contributed by atoms with van der Waals surface area (Å²) in [5, 5.41) is 0. The summed E-state index contributed by atoms with van der Waals surface area (Å²) in [6.07, 6.45) is 5.29. The molecule has 2 rings (SSSR count). The molecule has 0 atom stereocenters. The second-order valence-corrected chi connectivity index (χ2v) is 6.10. The predicted molar refractivity (Wildman–Crippen MR) is 74.2 cm³/mol. The molecule has 1 aromatic rings. The minimum absolute atomic E-state index is 0.557. The van der Waals surface area contributed by atoms with Crippen LogP contribution in [0.2, 0.25) is 0 Å². The lowest BCUT2D eigenvalue weighted by Crippen LogP contribution is -2.27. The summed E-state index contributed by atoms with van der Waals surface area (Å²) in [5.74, 6) is 0. The zero-order valence-corrected chi connectivity index (χ0v) is 11.3. The smallest absolute Gasteiger partial charge is 0.00218 e. The van der Waals surface area contributed by atoms with Crippen molar-refractivity contribution in [2.75, 3.05) is 19.6 Å². The molecule has 0 unspecified atom stereocenters. The van der Waals surface area contributed by atoms with E-state index in [2.05, 4.69) is 49.1 Å². The molecule has 1 saturated heterocycles. The molecule has 1 aliphatic heterocycles. The van der Waals surface area contributed by atoms with Crippen molar-refractivity contribution >= 4 is 0 Å². The van der Waals surface area contributed by atoms with Gasteiger partial charge in [0.15, 0.2) is 0 Å². The maximum absolute atomic E-state index is 2.64. The first-order valence-electron chi connectivity index (χ1n) is 6.92. The molecule has 0 radical (unpaired) electrons. The Morgan fingerprint density at radius 3 is 2.59 bits per heavy atom. The van der Waals surface area contributed by atoms with Crippen LogP contribution in [0.5, 0.6) is 0 Å². The first-order valence-corrected chi connectivity index (χ1v) is 6.92. The lowest BCUT2D eigenvalue weighted by Gasteiger charge is -2.23. The van der Waals surface area contributed by atoms with Gasteiger partial charge in [-0.1, -0.05) is 44.2 Å². The SMILES string of the molecule is CC1(C)CCCN(CCc2ccccc2)CC1. The van der Waals surface area contributed by atoms with E-state index < -0.39 is 0 Å². The van der Waals surface area contributed by atoms with Crippen LogP contribution in [0.1, 0.15) is 38.7 Å². The minimum Gasteiger partial charge on any atom is -0.303 e. The quantitative estimate of drug-likeness (QED) is 0.766. The third-order valence-corrected chi connectivity index (χ3v) is 3.99. The molecule has 0 aliphatic carbocycles. The summed E-state index contributed by atoms with van der Waals surface area (Å²) in [7, 11) is 0. The average Bonchev–Trinajstić information content (AvgIpc) is 2.49. The van der Waals surface area contributed by atoms with Crippen molar-refractivity contribution in [1.82, 2.24) is 4.90 Å². The summed E-state index contributed by atoms with van der Waals surface area (Å²) >= 11 is 0. The van der Waals surface area contributed by atoms with Crippen LogP contribution in [0.15, 0.2) is 30.3 Å². The van der Waals surface area contributed by atoms with Gasteiger partial charge in [0, 0.05) is 6.54 Å². The molecule has 0 saturated carbocycles. The number of rotatable bonds is 3. The molecule has 1 nitrogen and oxygen atoms in total. The number of likely N-dealkylation sites (tertiary alicyclic amines) is 1. The summed E-state index contributed by atoms with van der Waals surface area (Å²) < 4.78 is 0. The fourth-order valence-electron chi connectivity index (χ4n) is 2.63. The van der Waals surface area contributed by atoms with Crippen molar-refractivity contribution in [1.29, 1.82) is 0 Å². The van der Waals surface area contributed by atoms with Crippen molar-refractivity contribution in [2.45, 2.75) is 39.5 Å². The van der Waals surface area contributed by atoms with Crippen LogP contribution < -0.4 is 0 Å². The Bertz CT molecular complexity index is 329. The third-order valence-electron chi connectivity index (χ3n) is 3.99. The minimum atomic E-state index is 0.557. The van der Waals surface area contributed by atoms with Crippen molar-refractivity contribution in [3.05, 3.63) is 35.9 Å². The van der Waals surface area contributed by atoms with Crippen LogP contribution in [-0.4, -0.2) is 24.5 Å². The van der Waals surface area contributed by atoms with Crippen LogP contribution in [0.3, 0.4) is 0 Å². The van der Waals surface area contributed by atoms with Gasteiger partial charge in [-0.25, -0.2) is 0 Å². The van der Waals surface area contributed by atoms with Crippen molar-refractivity contribution < 1.29 is 0 Å². The van der Waals surface area contributed by atoms with E-state index in [1.165, 1.54) is 50.9 Å². The van der Waals surface area contributed by atoms with E-state index >= 15 is 0 Å². The predicted octanol–water partition coefficient (Wildman–Crippen LogP) is 3.74. The average molecular weight is 231 g/mol. The molecule has 1 aliphatic rings. The molecule has 17 heavy (non-hydrogen) atoms. The second kappa shape index (κ2) is 5.68. The maximum Gasteiger partial charge on any atom is 0.00218 e. The van der Waals surface area contributed by atoms with E-state index in [-0.39, 0.29) is 0 Å². The molecule has 1 fully saturated rings. The van der Waals surface area contributed by atoms with Crippen molar-refractivity contribution in [3.8, 4) is 0 Å². The molecule has 0 spiro atoms. The molecule has 94 valence electrons. The van der Waals surface area contributed by atoms with E-state index in [1.54, 1.807) is 0 Å². The summed E-state index contributed by atoms with van der Waals surface area (Å²) in [4.78, 5) is 2.64. The largest absolute Gasteiger partial charge is 0.303 e. The highest BCUT2D eigenvalue weighted by Gasteiger charge is 2.22. The first-order chi connectivity index (χ1) is 8.16. The lowest BCUT2D eigenvalue weighted by atomic mass is 9.85. The van der Waals surface area contributed by atoms with Crippen molar-refractivity contribution in [3.63, 3.8) is 0 Å². The number of benzene rings is 1. The fourth-order valence-corrected chi connectivity index (χ4v) is 2.63. The monoisotopic (exact) mass is 231 g/mol. The van der Waals surface area contributed by atoms with Gasteiger partial charge in [0.05, 0.1) is 0 Å². The Kier molecular flexibility index (Phi) is 4.22. The van der Waals surface area contributed by atoms with Crippen LogP contribution in [0.4, 0.5) is 0 Å². The molecular formula is C16H25N. The Morgan fingerprint density at radius 2 is 1.82 bits per heavy atom. The van der Waals surface area contributed by atoms with Gasteiger partial charge in [0.1, 0.15) is 0 Å². The Balaban J connectivity index is 1.80.